The molecular formula is C14H16N4O2. The Labute approximate surface area is 116 Å². The summed E-state index contributed by atoms with van der Waals surface area (Å²) in [5, 5.41) is 28.0. The fraction of sp³-hybridized carbons (Fsp3) is 0.286. The third kappa shape index (κ3) is 1.99. The van der Waals surface area contributed by atoms with Crippen LogP contribution in [-0.4, -0.2) is 46.3 Å². The van der Waals surface area contributed by atoms with Gasteiger partial charge in [0.15, 0.2) is 0 Å². The summed E-state index contributed by atoms with van der Waals surface area (Å²) in [4.78, 5) is 6.16. The molecule has 20 heavy (non-hydrogen) atoms. The molecule has 2 atom stereocenters. The van der Waals surface area contributed by atoms with Crippen molar-refractivity contribution in [2.75, 3.05) is 18.0 Å². The topological polar surface area (TPSA) is 106 Å². The van der Waals surface area contributed by atoms with Crippen LogP contribution < -0.4 is 10.6 Å². The molecule has 1 aromatic carbocycles. The third-order valence-electron chi connectivity index (χ3n) is 3.61. The molecule has 5 N–H and O–H groups in total. The lowest BCUT2D eigenvalue weighted by molar-refractivity contribution is 0.0572. The van der Waals surface area contributed by atoms with Gasteiger partial charge >= 0.3 is 0 Å². The Morgan fingerprint density at radius 3 is 2.55 bits per heavy atom. The summed E-state index contributed by atoms with van der Waals surface area (Å²) in [5.74, 6) is -0.0749. The Hall–Kier alpha value is -2.18. The predicted octanol–water partition coefficient (Wildman–Crippen LogP) is 0.0607. The van der Waals surface area contributed by atoms with Gasteiger partial charge in [0.1, 0.15) is 5.84 Å². The lowest BCUT2D eigenvalue weighted by Crippen LogP contribution is -2.25. The zero-order valence-electron chi connectivity index (χ0n) is 10.8. The van der Waals surface area contributed by atoms with Crippen LogP contribution in [0, 0.1) is 5.41 Å². The maximum atomic E-state index is 9.74. The summed E-state index contributed by atoms with van der Waals surface area (Å²) in [5.41, 5.74) is 7.70. The molecule has 6 nitrogen and oxygen atoms in total. The zero-order chi connectivity index (χ0) is 14.3. The van der Waals surface area contributed by atoms with Gasteiger partial charge in [-0.15, -0.1) is 0 Å². The number of hydrogen-bond acceptors (Lipinski definition) is 5. The number of rotatable bonds is 2. The number of amidine groups is 1. The number of nitrogen functional groups attached to an aromatic ring is 1. The Morgan fingerprint density at radius 2 is 1.90 bits per heavy atom. The van der Waals surface area contributed by atoms with Crippen LogP contribution in [0.25, 0.3) is 10.9 Å². The number of aromatic nitrogens is 1. The van der Waals surface area contributed by atoms with Gasteiger partial charge in [0.2, 0.25) is 0 Å². The Morgan fingerprint density at radius 1 is 1.25 bits per heavy atom. The first-order valence-corrected chi connectivity index (χ1v) is 6.41. The molecule has 2 unspecified atom stereocenters. The predicted molar refractivity (Wildman–Crippen MR) is 77.0 cm³/mol. The summed E-state index contributed by atoms with van der Waals surface area (Å²) in [6.45, 7) is 0.630. The largest absolute Gasteiger partial charge is 0.389 e. The van der Waals surface area contributed by atoms with E-state index in [9.17, 15) is 10.2 Å². The molecular weight excluding hydrogens is 256 g/mol. The first-order chi connectivity index (χ1) is 9.58. The van der Waals surface area contributed by atoms with Crippen molar-refractivity contribution in [3.8, 4) is 0 Å². The monoisotopic (exact) mass is 272 g/mol. The second kappa shape index (κ2) is 4.73. The van der Waals surface area contributed by atoms with E-state index in [1.807, 2.05) is 29.2 Å². The minimum absolute atomic E-state index is 0.0749. The highest BCUT2D eigenvalue weighted by molar-refractivity contribution is 6.07. The maximum absolute atomic E-state index is 9.74. The number of hydrogen-bond donors (Lipinski definition) is 4. The second-order valence-corrected chi connectivity index (χ2v) is 4.99. The SMILES string of the molecule is N=C(N)c1cnc2ccccc2c1N1CC(O)C(O)C1. The number of β-amino-alcohol motifs (C(OH)–C–C–N with tert-alkyl or cyclic N) is 2. The van der Waals surface area contributed by atoms with Crippen LogP contribution in [0.5, 0.6) is 0 Å². The Bertz CT molecular complexity index is 663. The molecule has 2 heterocycles. The van der Waals surface area contributed by atoms with Gasteiger partial charge in [0.05, 0.1) is 29.0 Å². The molecule has 104 valence electrons. The maximum Gasteiger partial charge on any atom is 0.126 e. The number of aliphatic hydroxyl groups is 2. The van der Waals surface area contributed by atoms with Crippen LogP contribution in [0.1, 0.15) is 5.56 Å². The van der Waals surface area contributed by atoms with Crippen molar-refractivity contribution in [2.45, 2.75) is 12.2 Å². The van der Waals surface area contributed by atoms with Gasteiger partial charge in [0, 0.05) is 24.7 Å². The normalized spacial score (nSPS) is 22.4. The molecule has 2 aromatic rings. The molecule has 1 aliphatic heterocycles. The van der Waals surface area contributed by atoms with Crippen molar-refractivity contribution in [1.82, 2.24) is 4.98 Å². The van der Waals surface area contributed by atoms with Crippen LogP contribution in [-0.2, 0) is 0 Å². The highest BCUT2D eigenvalue weighted by Crippen LogP contribution is 2.31. The van der Waals surface area contributed by atoms with Crippen LogP contribution >= 0.6 is 0 Å². The van der Waals surface area contributed by atoms with E-state index in [1.54, 1.807) is 6.20 Å². The van der Waals surface area contributed by atoms with Crippen molar-refractivity contribution >= 4 is 22.4 Å². The summed E-state index contributed by atoms with van der Waals surface area (Å²) in [6.07, 6.45) is -0.0136. The zero-order valence-corrected chi connectivity index (χ0v) is 10.8. The molecule has 1 aromatic heterocycles. The van der Waals surface area contributed by atoms with Crippen molar-refractivity contribution in [3.05, 3.63) is 36.0 Å². The standard InChI is InChI=1S/C14H16N4O2/c15-14(16)9-5-17-10-4-2-1-3-8(10)13(9)18-6-11(19)12(20)7-18/h1-5,11-12,19-20H,6-7H2,(H3,15,16). The lowest BCUT2D eigenvalue weighted by Gasteiger charge is -2.22. The van der Waals surface area contributed by atoms with E-state index in [-0.39, 0.29) is 5.84 Å². The first-order valence-electron chi connectivity index (χ1n) is 6.41. The van der Waals surface area contributed by atoms with Crippen molar-refractivity contribution in [3.63, 3.8) is 0 Å². The lowest BCUT2D eigenvalue weighted by atomic mass is 10.1. The molecule has 0 bridgehead atoms. The van der Waals surface area contributed by atoms with E-state index in [0.29, 0.717) is 18.7 Å². The first kappa shape index (κ1) is 12.8. The molecule has 3 rings (SSSR count). The van der Waals surface area contributed by atoms with Crippen LogP contribution in [0.15, 0.2) is 30.5 Å². The van der Waals surface area contributed by atoms with E-state index >= 15 is 0 Å². The van der Waals surface area contributed by atoms with Crippen LogP contribution in [0.2, 0.25) is 0 Å². The average molecular weight is 272 g/mol. The molecule has 6 heteroatoms. The van der Waals surface area contributed by atoms with Gasteiger partial charge in [-0.05, 0) is 6.07 Å². The van der Waals surface area contributed by atoms with Crippen molar-refractivity contribution in [1.29, 1.82) is 5.41 Å². The van der Waals surface area contributed by atoms with E-state index in [0.717, 1.165) is 16.6 Å². The van der Waals surface area contributed by atoms with E-state index in [2.05, 4.69) is 4.98 Å². The molecule has 0 amide bonds. The summed E-state index contributed by atoms with van der Waals surface area (Å²) in [6, 6.07) is 7.56. The number of nitrogens with one attached hydrogen (secondary N) is 1. The number of anilines is 1. The summed E-state index contributed by atoms with van der Waals surface area (Å²) in [7, 11) is 0. The Balaban J connectivity index is 2.20. The van der Waals surface area contributed by atoms with E-state index < -0.39 is 12.2 Å². The van der Waals surface area contributed by atoms with Gasteiger partial charge in [-0.25, -0.2) is 0 Å². The molecule has 0 radical (unpaired) electrons. The minimum Gasteiger partial charge on any atom is -0.389 e. The summed E-state index contributed by atoms with van der Waals surface area (Å²) >= 11 is 0. The number of nitrogens with zero attached hydrogens (tertiary/aromatic N) is 2. The van der Waals surface area contributed by atoms with Gasteiger partial charge in [-0.1, -0.05) is 18.2 Å². The van der Waals surface area contributed by atoms with Gasteiger partial charge in [-0.2, -0.15) is 0 Å². The van der Waals surface area contributed by atoms with Gasteiger partial charge in [-0.3, -0.25) is 10.4 Å². The molecule has 0 aliphatic carbocycles. The van der Waals surface area contributed by atoms with Crippen LogP contribution in [0.3, 0.4) is 0 Å². The van der Waals surface area contributed by atoms with E-state index in [4.69, 9.17) is 11.1 Å². The quantitative estimate of drug-likeness (QED) is 0.457. The number of benzene rings is 1. The fourth-order valence-corrected chi connectivity index (χ4v) is 2.62. The third-order valence-corrected chi connectivity index (χ3v) is 3.61. The number of aliphatic hydroxyl groups excluding tert-OH is 2. The van der Waals surface area contributed by atoms with Crippen LogP contribution in [0.4, 0.5) is 5.69 Å². The number of pyridine rings is 1. The van der Waals surface area contributed by atoms with Gasteiger partial charge < -0.3 is 20.8 Å². The van der Waals surface area contributed by atoms with E-state index in [1.165, 1.54) is 0 Å². The average Bonchev–Trinajstić information content (AvgIpc) is 2.77. The molecule has 1 aliphatic rings. The second-order valence-electron chi connectivity index (χ2n) is 4.99. The summed E-state index contributed by atoms with van der Waals surface area (Å²) < 4.78 is 0. The Kier molecular flexibility index (Phi) is 3.04. The highest BCUT2D eigenvalue weighted by atomic mass is 16.3. The van der Waals surface area contributed by atoms with Crippen molar-refractivity contribution < 1.29 is 10.2 Å². The minimum atomic E-state index is -0.790. The molecule has 1 fully saturated rings. The van der Waals surface area contributed by atoms with Crippen molar-refractivity contribution in [2.24, 2.45) is 5.73 Å². The molecule has 0 spiro atoms. The number of nitrogens with two attached hydrogens (primary N) is 1. The number of fused-ring (bicyclic) bond motifs is 1. The molecule has 0 saturated carbocycles. The van der Waals surface area contributed by atoms with Gasteiger partial charge in [0.25, 0.3) is 0 Å². The smallest absolute Gasteiger partial charge is 0.126 e. The highest BCUT2D eigenvalue weighted by Gasteiger charge is 2.32. The fourth-order valence-electron chi connectivity index (χ4n) is 2.62. The molecule has 1 saturated heterocycles. The number of para-hydroxylation sites is 1.